The normalized spacial score (nSPS) is 20.4. The number of amides is 1. The Morgan fingerprint density at radius 1 is 0.897 bits per heavy atom. The molecule has 0 aromatic heterocycles. The third-order valence-corrected chi connectivity index (χ3v) is 7.52. The number of ether oxygens (including phenoxy) is 5. The fourth-order valence-corrected chi connectivity index (χ4v) is 5.28. The molecule has 1 amide bonds. The first kappa shape index (κ1) is 33.1. The van der Waals surface area contributed by atoms with Crippen molar-refractivity contribution in [3.8, 4) is 0 Å². The van der Waals surface area contributed by atoms with Gasteiger partial charge in [-0.3, -0.25) is 0 Å². The third-order valence-electron chi connectivity index (χ3n) is 7.52. The average molecular weight is 558 g/mol. The predicted molar refractivity (Wildman–Crippen MR) is 145 cm³/mol. The monoisotopic (exact) mass is 557 g/mol. The second-order valence-electron chi connectivity index (χ2n) is 10.8. The van der Waals surface area contributed by atoms with E-state index in [-0.39, 0.29) is 24.9 Å². The van der Waals surface area contributed by atoms with E-state index in [1.54, 1.807) is 13.8 Å². The molecule has 0 bridgehead atoms. The van der Waals surface area contributed by atoms with Crippen molar-refractivity contribution in [2.45, 2.75) is 141 Å². The average Bonchev–Trinajstić information content (AvgIpc) is 2.92. The minimum atomic E-state index is -1.07. The molecular formula is C29H51NO9. The molecule has 2 N–H and O–H groups in total. The summed E-state index contributed by atoms with van der Waals surface area (Å²) in [5.41, 5.74) is 0. The Kier molecular flexibility index (Phi) is 16.9. The third kappa shape index (κ3) is 14.8. The second kappa shape index (κ2) is 19.9. The lowest BCUT2D eigenvalue weighted by atomic mass is 9.83. The van der Waals surface area contributed by atoms with Gasteiger partial charge in [-0.1, -0.05) is 44.9 Å². The number of nitrogens with one attached hydrogen (secondary N) is 1. The van der Waals surface area contributed by atoms with Crippen molar-refractivity contribution in [3.63, 3.8) is 0 Å². The second-order valence-corrected chi connectivity index (χ2v) is 10.8. The van der Waals surface area contributed by atoms with Crippen LogP contribution in [0.3, 0.4) is 0 Å². The molecule has 4 atom stereocenters. The van der Waals surface area contributed by atoms with Gasteiger partial charge in [0.1, 0.15) is 18.2 Å². The van der Waals surface area contributed by atoms with Gasteiger partial charge in [-0.25, -0.2) is 14.4 Å². The van der Waals surface area contributed by atoms with Gasteiger partial charge in [0.05, 0.1) is 6.61 Å². The van der Waals surface area contributed by atoms with E-state index in [0.717, 1.165) is 77.2 Å². The van der Waals surface area contributed by atoms with Crippen molar-refractivity contribution < 1.29 is 43.2 Å². The molecule has 1 aliphatic heterocycles. The van der Waals surface area contributed by atoms with Crippen LogP contribution < -0.4 is 5.32 Å². The molecule has 2 aliphatic rings. The van der Waals surface area contributed by atoms with Crippen LogP contribution in [0, 0.1) is 5.92 Å². The first-order chi connectivity index (χ1) is 18.9. The predicted octanol–water partition coefficient (Wildman–Crippen LogP) is 6.34. The quantitative estimate of drug-likeness (QED) is 0.146. The van der Waals surface area contributed by atoms with Crippen LogP contribution in [0.4, 0.5) is 9.59 Å². The minimum Gasteiger partial charge on any atom is -0.480 e. The molecule has 0 radical (unpaired) electrons. The largest absolute Gasteiger partial charge is 0.508 e. The van der Waals surface area contributed by atoms with E-state index >= 15 is 0 Å². The Morgan fingerprint density at radius 3 is 2.31 bits per heavy atom. The summed E-state index contributed by atoms with van der Waals surface area (Å²) in [4.78, 5) is 36.0. The van der Waals surface area contributed by atoms with E-state index in [1.807, 2.05) is 0 Å². The zero-order valence-corrected chi connectivity index (χ0v) is 24.0. The first-order valence-corrected chi connectivity index (χ1v) is 15.2. The highest BCUT2D eigenvalue weighted by atomic mass is 16.7. The number of carbonyl (C=O) groups excluding carboxylic acids is 2. The van der Waals surface area contributed by atoms with E-state index < -0.39 is 30.4 Å². The number of carboxylic acid groups (broad SMARTS) is 1. The maximum atomic E-state index is 12.4. The summed E-state index contributed by atoms with van der Waals surface area (Å²) in [6, 6.07) is -0.987. The molecular weight excluding hydrogens is 506 g/mol. The van der Waals surface area contributed by atoms with E-state index in [4.69, 9.17) is 23.7 Å². The van der Waals surface area contributed by atoms with Gasteiger partial charge in [0.25, 0.3) is 0 Å². The zero-order chi connectivity index (χ0) is 28.3. The fourth-order valence-electron chi connectivity index (χ4n) is 5.28. The Labute approximate surface area is 233 Å². The molecule has 0 aromatic rings. The molecule has 10 heteroatoms. The molecule has 4 unspecified atom stereocenters. The van der Waals surface area contributed by atoms with Crippen LogP contribution in [0.5, 0.6) is 0 Å². The summed E-state index contributed by atoms with van der Waals surface area (Å²) in [6.45, 7) is 5.22. The molecule has 226 valence electrons. The van der Waals surface area contributed by atoms with Crippen LogP contribution in [0.15, 0.2) is 0 Å². The molecule has 0 aromatic carbocycles. The molecule has 0 spiro atoms. The standard InChI is InChI=1S/C29H51NO9/c1-3-35-29(34)39-25(23-14-8-7-9-15-23)19-18-22(2)38-28(33)30-24(27(31)32)16-10-5-4-6-12-20-36-26-17-11-13-21-37-26/h22-26H,3-21H2,1-2H3,(H,30,33)(H,31,32). The molecule has 10 nitrogen and oxygen atoms in total. The van der Waals surface area contributed by atoms with Crippen molar-refractivity contribution in [1.29, 1.82) is 0 Å². The molecule has 2 fully saturated rings. The molecule has 1 aliphatic carbocycles. The van der Waals surface area contributed by atoms with E-state index in [0.29, 0.717) is 32.3 Å². The summed E-state index contributed by atoms with van der Waals surface area (Å²) >= 11 is 0. The van der Waals surface area contributed by atoms with Crippen LogP contribution in [-0.4, -0.2) is 67.7 Å². The number of rotatable bonds is 18. The van der Waals surface area contributed by atoms with Gasteiger partial charge in [-0.2, -0.15) is 0 Å². The Bertz CT molecular complexity index is 692. The topological polar surface area (TPSA) is 130 Å². The van der Waals surface area contributed by atoms with E-state index in [9.17, 15) is 19.5 Å². The van der Waals surface area contributed by atoms with E-state index in [2.05, 4.69) is 5.32 Å². The Hall–Kier alpha value is -2.07. The van der Waals surface area contributed by atoms with Crippen LogP contribution in [0.2, 0.25) is 0 Å². The number of aliphatic carboxylic acids is 1. The van der Waals surface area contributed by atoms with Gasteiger partial charge >= 0.3 is 18.2 Å². The fraction of sp³-hybridized carbons (Fsp3) is 0.897. The summed E-state index contributed by atoms with van der Waals surface area (Å²) in [6.07, 6.45) is 12.4. The molecule has 1 saturated carbocycles. The summed E-state index contributed by atoms with van der Waals surface area (Å²) in [7, 11) is 0. The van der Waals surface area contributed by atoms with Gasteiger partial charge < -0.3 is 34.1 Å². The zero-order valence-electron chi connectivity index (χ0n) is 24.0. The lowest BCUT2D eigenvalue weighted by molar-refractivity contribution is -0.162. The molecule has 2 rings (SSSR count). The summed E-state index contributed by atoms with van der Waals surface area (Å²) in [5.74, 6) is -0.792. The summed E-state index contributed by atoms with van der Waals surface area (Å²) in [5, 5.41) is 12.0. The van der Waals surface area contributed by atoms with Crippen molar-refractivity contribution in [2.24, 2.45) is 5.92 Å². The Balaban J connectivity index is 1.62. The van der Waals surface area contributed by atoms with Crippen LogP contribution in [0.25, 0.3) is 0 Å². The number of alkyl carbamates (subject to hydrolysis) is 1. The van der Waals surface area contributed by atoms with Gasteiger partial charge in [-0.15, -0.1) is 0 Å². The number of carboxylic acids is 1. The minimum absolute atomic E-state index is 0.0557. The van der Waals surface area contributed by atoms with Crippen molar-refractivity contribution in [2.75, 3.05) is 19.8 Å². The van der Waals surface area contributed by atoms with Gasteiger partial charge in [-0.05, 0) is 77.6 Å². The van der Waals surface area contributed by atoms with Crippen molar-refractivity contribution in [1.82, 2.24) is 5.32 Å². The highest BCUT2D eigenvalue weighted by molar-refractivity contribution is 5.79. The van der Waals surface area contributed by atoms with Gasteiger partial charge in [0.2, 0.25) is 0 Å². The highest BCUT2D eigenvalue weighted by Gasteiger charge is 2.28. The Morgan fingerprint density at radius 2 is 1.62 bits per heavy atom. The van der Waals surface area contributed by atoms with Crippen LogP contribution in [-0.2, 0) is 28.5 Å². The number of hydrogen-bond acceptors (Lipinski definition) is 8. The van der Waals surface area contributed by atoms with E-state index in [1.165, 1.54) is 6.42 Å². The molecule has 39 heavy (non-hydrogen) atoms. The number of unbranched alkanes of at least 4 members (excludes halogenated alkanes) is 4. The van der Waals surface area contributed by atoms with Crippen LogP contribution in [0.1, 0.15) is 117 Å². The number of carbonyl (C=O) groups is 3. The first-order valence-electron chi connectivity index (χ1n) is 15.2. The van der Waals surface area contributed by atoms with Crippen LogP contribution >= 0.6 is 0 Å². The van der Waals surface area contributed by atoms with Crippen molar-refractivity contribution in [3.05, 3.63) is 0 Å². The lowest BCUT2D eigenvalue weighted by Crippen LogP contribution is -2.42. The summed E-state index contributed by atoms with van der Waals surface area (Å²) < 4.78 is 27.3. The van der Waals surface area contributed by atoms with Gasteiger partial charge in [0.15, 0.2) is 6.29 Å². The molecule has 1 heterocycles. The highest BCUT2D eigenvalue weighted by Crippen LogP contribution is 2.31. The SMILES string of the molecule is CCOC(=O)OC(CCC(C)OC(=O)NC(CCCCCCCOC1CCCCO1)C(=O)O)C1CCCCC1. The van der Waals surface area contributed by atoms with Gasteiger partial charge in [0, 0.05) is 13.2 Å². The molecule has 1 saturated heterocycles. The lowest BCUT2D eigenvalue weighted by Gasteiger charge is -2.30. The smallest absolute Gasteiger partial charge is 0.480 e. The maximum Gasteiger partial charge on any atom is 0.508 e. The van der Waals surface area contributed by atoms with Crippen molar-refractivity contribution >= 4 is 18.2 Å². The maximum absolute atomic E-state index is 12.4. The number of hydrogen-bond donors (Lipinski definition) is 2.